The Morgan fingerprint density at radius 1 is 1.18 bits per heavy atom. The van der Waals surface area contributed by atoms with E-state index in [4.69, 9.17) is 11.3 Å². The molecule has 188 valence electrons. The normalized spacial score (nSPS) is 14.4. The van der Waals surface area contributed by atoms with E-state index >= 15 is 0 Å². The summed E-state index contributed by atoms with van der Waals surface area (Å²) in [6, 6.07) is 20.0. The lowest BCUT2D eigenvalue weighted by Gasteiger charge is -2.30. The molecule has 0 saturated carbocycles. The van der Waals surface area contributed by atoms with Crippen LogP contribution in [0.3, 0.4) is 0 Å². The molecule has 0 aliphatic heterocycles. The van der Waals surface area contributed by atoms with Crippen molar-refractivity contribution in [3.05, 3.63) is 99.5 Å². The Morgan fingerprint density at radius 3 is 2.79 bits per heavy atom. The number of aromatic amines is 1. The van der Waals surface area contributed by atoms with Crippen LogP contribution in [0.2, 0.25) is 0 Å². The van der Waals surface area contributed by atoms with Crippen LogP contribution in [-0.2, 0) is 13.0 Å². The predicted molar refractivity (Wildman–Crippen MR) is 143 cm³/mol. The van der Waals surface area contributed by atoms with E-state index in [1.165, 1.54) is 0 Å². The van der Waals surface area contributed by atoms with Gasteiger partial charge in [-0.25, -0.2) is 4.79 Å². The van der Waals surface area contributed by atoms with Crippen molar-refractivity contribution < 1.29 is 14.7 Å². The minimum absolute atomic E-state index is 0.0262. The number of pyridine rings is 1. The summed E-state index contributed by atoms with van der Waals surface area (Å²) in [6.45, 7) is 0.135. The minimum atomic E-state index is -0.560. The summed E-state index contributed by atoms with van der Waals surface area (Å²) in [5.74, 6) is 2.18. The maximum atomic E-state index is 12.8. The van der Waals surface area contributed by atoms with E-state index in [9.17, 15) is 14.7 Å². The second-order valence-electron chi connectivity index (χ2n) is 9.18. The molecule has 2 heterocycles. The summed E-state index contributed by atoms with van der Waals surface area (Å²) in [5, 5.41) is 18.7. The van der Waals surface area contributed by atoms with Gasteiger partial charge in [-0.05, 0) is 83.1 Å². The van der Waals surface area contributed by atoms with Crippen molar-refractivity contribution in [3.63, 3.8) is 0 Å². The first-order valence-electron chi connectivity index (χ1n) is 12.2. The molecule has 1 aliphatic carbocycles. The van der Waals surface area contributed by atoms with E-state index in [-0.39, 0.29) is 18.2 Å². The van der Waals surface area contributed by atoms with Gasteiger partial charge in [-0.2, -0.15) is 0 Å². The number of aryl methyl sites for hydroxylation is 1. The van der Waals surface area contributed by atoms with Crippen molar-refractivity contribution >= 4 is 33.5 Å². The first kappa shape index (κ1) is 23.5. The van der Waals surface area contributed by atoms with E-state index in [0.29, 0.717) is 34.2 Å². The van der Waals surface area contributed by atoms with Crippen LogP contribution in [0.5, 0.6) is 0 Å². The third-order valence-corrected chi connectivity index (χ3v) is 6.94. The molecular weight excluding hydrogens is 482 g/mol. The molecule has 1 aliphatic rings. The van der Waals surface area contributed by atoms with Crippen molar-refractivity contribution in [1.82, 2.24) is 20.1 Å². The number of aliphatic hydroxyl groups is 1. The molecule has 0 saturated heterocycles. The summed E-state index contributed by atoms with van der Waals surface area (Å²) in [5.41, 5.74) is 4.90. The Hall–Kier alpha value is -4.94. The minimum Gasteiger partial charge on any atom is -0.390 e. The number of hydrogen-bond acceptors (Lipinski definition) is 7. The highest BCUT2D eigenvalue weighted by atomic mass is 16.7. The molecule has 2 N–H and O–H groups in total. The fourth-order valence-electron chi connectivity index (χ4n) is 5.13. The van der Waals surface area contributed by atoms with Gasteiger partial charge in [0, 0.05) is 16.8 Å². The number of carbonyl (C=O) groups excluding carboxylic acids is 1. The predicted octanol–water partition coefficient (Wildman–Crippen LogP) is 3.16. The average molecular weight is 506 g/mol. The summed E-state index contributed by atoms with van der Waals surface area (Å²) >= 11 is 0. The Kier molecular flexibility index (Phi) is 5.86. The Labute approximate surface area is 217 Å². The highest BCUT2D eigenvalue weighted by Gasteiger charge is 2.29. The number of nitrogens with zero attached hydrogens (tertiary/aromatic N) is 4. The zero-order valence-corrected chi connectivity index (χ0v) is 20.3. The van der Waals surface area contributed by atoms with Gasteiger partial charge < -0.3 is 19.8 Å². The lowest BCUT2D eigenvalue weighted by atomic mass is 10.0. The number of terminal acetylenes is 1. The second kappa shape index (κ2) is 9.50. The van der Waals surface area contributed by atoms with E-state index in [1.54, 1.807) is 24.3 Å². The molecule has 38 heavy (non-hydrogen) atoms. The SMILES string of the molecule is C#CCN(c1ccc(C(=O)On2nnc3ccccc32)cc1)[C@H]1CCc2cc3cc(CO)[nH]c(=O)c3cc21. The van der Waals surface area contributed by atoms with E-state index in [0.717, 1.165) is 39.9 Å². The Balaban J connectivity index is 1.28. The number of anilines is 1. The maximum Gasteiger partial charge on any atom is 0.365 e. The summed E-state index contributed by atoms with van der Waals surface area (Å²) < 4.78 is 0. The quantitative estimate of drug-likeness (QED) is 0.269. The number of fused-ring (bicyclic) bond motifs is 3. The number of hydrogen-bond donors (Lipinski definition) is 2. The number of nitrogens with one attached hydrogen (secondary N) is 1. The van der Waals surface area contributed by atoms with Crippen molar-refractivity contribution in [2.75, 3.05) is 11.4 Å². The van der Waals surface area contributed by atoms with Gasteiger partial charge in [0.05, 0.1) is 24.8 Å². The Bertz CT molecular complexity index is 1780. The van der Waals surface area contributed by atoms with Gasteiger partial charge in [-0.3, -0.25) is 4.79 Å². The lowest BCUT2D eigenvalue weighted by Crippen LogP contribution is -2.28. The number of aliphatic hydroxyl groups excluding tert-OH is 1. The highest BCUT2D eigenvalue weighted by Crippen LogP contribution is 2.39. The monoisotopic (exact) mass is 505 g/mol. The van der Waals surface area contributed by atoms with E-state index in [2.05, 4.69) is 26.1 Å². The van der Waals surface area contributed by atoms with Gasteiger partial charge >= 0.3 is 5.97 Å². The van der Waals surface area contributed by atoms with Crippen molar-refractivity contribution in [3.8, 4) is 12.3 Å². The van der Waals surface area contributed by atoms with Gasteiger partial charge in [0.2, 0.25) is 0 Å². The number of rotatable bonds is 6. The number of H-pyrrole nitrogens is 1. The van der Waals surface area contributed by atoms with E-state index in [1.807, 2.05) is 42.5 Å². The summed E-state index contributed by atoms with van der Waals surface area (Å²) in [4.78, 5) is 36.8. The van der Waals surface area contributed by atoms with Crippen molar-refractivity contribution in [2.45, 2.75) is 25.5 Å². The summed E-state index contributed by atoms with van der Waals surface area (Å²) in [6.07, 6.45) is 7.42. The average Bonchev–Trinajstić information content (AvgIpc) is 3.54. The van der Waals surface area contributed by atoms with Gasteiger partial charge in [-0.1, -0.05) is 29.0 Å². The number of aromatic nitrogens is 4. The van der Waals surface area contributed by atoms with Crippen molar-refractivity contribution in [2.24, 2.45) is 0 Å². The highest BCUT2D eigenvalue weighted by molar-refractivity contribution is 5.90. The standard InChI is InChI=1S/C29H23N5O4/c1-2-13-33(26-12-9-19-14-20-15-21(17-35)30-28(36)24(20)16-23(19)26)22-10-7-18(8-11-22)29(37)38-34-27-6-4-3-5-25(27)31-32-34/h1,3-8,10-11,14-16,26,35H,9,12-13,17H2,(H,30,36)/t26-/m0/s1. The molecule has 2 aromatic heterocycles. The van der Waals surface area contributed by atoms with Crippen LogP contribution in [0.1, 0.15) is 39.6 Å². The molecule has 1 atom stereocenters. The van der Waals surface area contributed by atoms with Crippen LogP contribution in [-0.4, -0.2) is 37.8 Å². The molecule has 3 aromatic carbocycles. The van der Waals surface area contributed by atoms with Crippen LogP contribution >= 0.6 is 0 Å². The van der Waals surface area contributed by atoms with Gasteiger partial charge in [-0.15, -0.1) is 11.5 Å². The molecule has 9 heteroatoms. The molecule has 0 fully saturated rings. The van der Waals surface area contributed by atoms with Gasteiger partial charge in [0.15, 0.2) is 0 Å². The molecule has 9 nitrogen and oxygen atoms in total. The summed E-state index contributed by atoms with van der Waals surface area (Å²) in [7, 11) is 0. The third kappa shape index (κ3) is 4.07. The second-order valence-corrected chi connectivity index (χ2v) is 9.18. The smallest absolute Gasteiger partial charge is 0.365 e. The lowest BCUT2D eigenvalue weighted by molar-refractivity contribution is 0.0409. The van der Waals surface area contributed by atoms with Crippen LogP contribution in [0.25, 0.3) is 21.8 Å². The fraction of sp³-hybridized carbons (Fsp3) is 0.172. The molecule has 5 aromatic rings. The van der Waals surface area contributed by atoms with Crippen LogP contribution < -0.4 is 15.3 Å². The third-order valence-electron chi connectivity index (χ3n) is 6.94. The van der Waals surface area contributed by atoms with Gasteiger partial charge in [0.25, 0.3) is 5.56 Å². The zero-order chi connectivity index (χ0) is 26.2. The molecular formula is C29H23N5O4. The molecule has 0 bridgehead atoms. The molecule has 0 radical (unpaired) electrons. The molecule has 0 unspecified atom stereocenters. The topological polar surface area (TPSA) is 113 Å². The number of para-hydroxylation sites is 1. The Morgan fingerprint density at radius 2 is 2.00 bits per heavy atom. The zero-order valence-electron chi connectivity index (χ0n) is 20.3. The number of carbonyl (C=O) groups is 1. The van der Waals surface area contributed by atoms with E-state index < -0.39 is 5.97 Å². The molecule has 6 rings (SSSR count). The molecule has 0 amide bonds. The van der Waals surface area contributed by atoms with Crippen LogP contribution in [0, 0.1) is 12.3 Å². The first-order chi connectivity index (χ1) is 18.6. The van der Waals surface area contributed by atoms with Crippen LogP contribution in [0.15, 0.2) is 71.5 Å². The first-order valence-corrected chi connectivity index (χ1v) is 12.2. The van der Waals surface area contributed by atoms with Gasteiger partial charge in [0.1, 0.15) is 11.0 Å². The number of benzene rings is 3. The van der Waals surface area contributed by atoms with Crippen molar-refractivity contribution in [1.29, 1.82) is 0 Å². The fourth-order valence-corrected chi connectivity index (χ4v) is 5.13. The maximum absolute atomic E-state index is 12.8. The molecule has 0 spiro atoms. The largest absolute Gasteiger partial charge is 0.390 e. The van der Waals surface area contributed by atoms with Crippen LogP contribution in [0.4, 0.5) is 5.69 Å².